The smallest absolute Gasteiger partial charge is 0.237 e. The van der Waals surface area contributed by atoms with Gasteiger partial charge in [-0.3, -0.25) is 10.2 Å². The Morgan fingerprint density at radius 2 is 1.94 bits per heavy atom. The number of carbonyl (C=O) groups excluding carboxylic acids is 1. The van der Waals surface area contributed by atoms with Gasteiger partial charge in [0.1, 0.15) is 0 Å². The Morgan fingerprint density at radius 1 is 1.24 bits per heavy atom. The maximum Gasteiger partial charge on any atom is 0.237 e. The fraction of sp³-hybridized carbons (Fsp3) is 0.462. The SMILES string of the molecule is O=C(NNCc1ccccc1)C1CCNCC1. The first-order valence-corrected chi connectivity index (χ1v) is 6.13. The first-order chi connectivity index (χ1) is 8.36. The molecule has 1 aromatic carbocycles. The molecule has 92 valence electrons. The van der Waals surface area contributed by atoms with E-state index in [4.69, 9.17) is 0 Å². The maximum absolute atomic E-state index is 11.8. The molecule has 1 amide bonds. The lowest BCUT2D eigenvalue weighted by molar-refractivity contribution is -0.126. The van der Waals surface area contributed by atoms with Crippen molar-refractivity contribution in [2.45, 2.75) is 19.4 Å². The molecule has 0 aromatic heterocycles. The molecule has 1 aliphatic rings. The van der Waals surface area contributed by atoms with Crippen molar-refractivity contribution in [2.75, 3.05) is 13.1 Å². The van der Waals surface area contributed by atoms with E-state index in [0.717, 1.165) is 31.5 Å². The Hall–Kier alpha value is -1.39. The van der Waals surface area contributed by atoms with Gasteiger partial charge < -0.3 is 5.32 Å². The van der Waals surface area contributed by atoms with Crippen LogP contribution < -0.4 is 16.2 Å². The third-order valence-electron chi connectivity index (χ3n) is 3.06. The molecule has 0 aliphatic carbocycles. The van der Waals surface area contributed by atoms with Crippen LogP contribution in [-0.4, -0.2) is 19.0 Å². The maximum atomic E-state index is 11.8. The Kier molecular flexibility index (Phi) is 4.53. The first kappa shape index (κ1) is 12.1. The van der Waals surface area contributed by atoms with Crippen molar-refractivity contribution in [3.8, 4) is 0 Å². The minimum atomic E-state index is 0.113. The second kappa shape index (κ2) is 6.37. The molecule has 0 saturated carbocycles. The van der Waals surface area contributed by atoms with E-state index in [1.54, 1.807) is 0 Å². The van der Waals surface area contributed by atoms with Gasteiger partial charge in [0.25, 0.3) is 0 Å². The number of nitrogens with one attached hydrogen (secondary N) is 3. The molecular weight excluding hydrogens is 214 g/mol. The van der Waals surface area contributed by atoms with Gasteiger partial charge in [0.15, 0.2) is 0 Å². The summed E-state index contributed by atoms with van der Waals surface area (Å²) in [7, 11) is 0. The third-order valence-corrected chi connectivity index (χ3v) is 3.06. The first-order valence-electron chi connectivity index (χ1n) is 6.13. The minimum absolute atomic E-state index is 0.113. The van der Waals surface area contributed by atoms with Crippen molar-refractivity contribution in [1.82, 2.24) is 16.2 Å². The van der Waals surface area contributed by atoms with E-state index in [-0.39, 0.29) is 11.8 Å². The molecular formula is C13H19N3O. The number of carbonyl (C=O) groups is 1. The van der Waals surface area contributed by atoms with Crippen LogP contribution >= 0.6 is 0 Å². The second-order valence-electron chi connectivity index (χ2n) is 4.35. The summed E-state index contributed by atoms with van der Waals surface area (Å²) in [4.78, 5) is 11.8. The van der Waals surface area contributed by atoms with Gasteiger partial charge in [-0.25, -0.2) is 5.43 Å². The van der Waals surface area contributed by atoms with Crippen LogP contribution in [0.1, 0.15) is 18.4 Å². The number of hydrazine groups is 1. The lowest BCUT2D eigenvalue weighted by Crippen LogP contribution is -2.44. The van der Waals surface area contributed by atoms with E-state index in [9.17, 15) is 4.79 Å². The molecule has 1 heterocycles. The van der Waals surface area contributed by atoms with Crippen LogP contribution in [0.2, 0.25) is 0 Å². The lowest BCUT2D eigenvalue weighted by Gasteiger charge is -2.21. The number of rotatable bonds is 4. The second-order valence-corrected chi connectivity index (χ2v) is 4.35. The van der Waals surface area contributed by atoms with Crippen LogP contribution in [0.4, 0.5) is 0 Å². The summed E-state index contributed by atoms with van der Waals surface area (Å²) in [6.45, 7) is 2.55. The minimum Gasteiger partial charge on any atom is -0.317 e. The Bertz CT molecular complexity index is 347. The molecule has 3 N–H and O–H groups in total. The molecule has 0 unspecified atom stereocenters. The van der Waals surface area contributed by atoms with Crippen LogP contribution in [0.25, 0.3) is 0 Å². The van der Waals surface area contributed by atoms with Crippen molar-refractivity contribution < 1.29 is 4.79 Å². The van der Waals surface area contributed by atoms with E-state index < -0.39 is 0 Å². The summed E-state index contributed by atoms with van der Waals surface area (Å²) < 4.78 is 0. The van der Waals surface area contributed by atoms with Gasteiger partial charge in [-0.2, -0.15) is 0 Å². The molecule has 0 spiro atoms. The van der Waals surface area contributed by atoms with Gasteiger partial charge in [0.2, 0.25) is 5.91 Å². The van der Waals surface area contributed by atoms with E-state index in [1.165, 1.54) is 0 Å². The van der Waals surface area contributed by atoms with Gasteiger partial charge in [-0.1, -0.05) is 30.3 Å². The molecule has 0 bridgehead atoms. The third kappa shape index (κ3) is 3.84. The topological polar surface area (TPSA) is 53.2 Å². The summed E-state index contributed by atoms with van der Waals surface area (Å²) in [6, 6.07) is 10.0. The highest BCUT2D eigenvalue weighted by atomic mass is 16.2. The molecule has 17 heavy (non-hydrogen) atoms. The molecule has 4 nitrogen and oxygen atoms in total. The highest BCUT2D eigenvalue weighted by Gasteiger charge is 2.20. The van der Waals surface area contributed by atoms with Crippen LogP contribution in [0, 0.1) is 5.92 Å². The van der Waals surface area contributed by atoms with Crippen LogP contribution in [0.15, 0.2) is 30.3 Å². The predicted octanol–water partition coefficient (Wildman–Crippen LogP) is 0.807. The number of piperidine rings is 1. The fourth-order valence-electron chi connectivity index (χ4n) is 2.02. The molecule has 1 saturated heterocycles. The molecule has 0 radical (unpaired) electrons. The van der Waals surface area contributed by atoms with Crippen molar-refractivity contribution in [1.29, 1.82) is 0 Å². The average molecular weight is 233 g/mol. The number of hydrogen-bond acceptors (Lipinski definition) is 3. The summed E-state index contributed by atoms with van der Waals surface area (Å²) in [5.41, 5.74) is 6.93. The zero-order chi connectivity index (χ0) is 11.9. The largest absolute Gasteiger partial charge is 0.317 e. The van der Waals surface area contributed by atoms with Crippen molar-refractivity contribution >= 4 is 5.91 Å². The highest BCUT2D eigenvalue weighted by Crippen LogP contribution is 2.10. The zero-order valence-corrected chi connectivity index (χ0v) is 9.91. The number of amides is 1. The fourth-order valence-corrected chi connectivity index (χ4v) is 2.02. The zero-order valence-electron chi connectivity index (χ0n) is 9.91. The number of benzene rings is 1. The van der Waals surface area contributed by atoms with Crippen LogP contribution in [0.5, 0.6) is 0 Å². The standard InChI is InChI=1S/C13H19N3O/c17-13(12-6-8-14-9-7-12)16-15-10-11-4-2-1-3-5-11/h1-5,12,14-15H,6-10H2,(H,16,17). The summed E-state index contributed by atoms with van der Waals surface area (Å²) in [5.74, 6) is 0.266. The van der Waals surface area contributed by atoms with E-state index in [0.29, 0.717) is 6.54 Å². The number of hydrogen-bond donors (Lipinski definition) is 3. The van der Waals surface area contributed by atoms with Gasteiger partial charge in [-0.05, 0) is 31.5 Å². The van der Waals surface area contributed by atoms with Gasteiger partial charge in [0, 0.05) is 12.5 Å². The molecule has 2 rings (SSSR count). The highest BCUT2D eigenvalue weighted by molar-refractivity contribution is 5.78. The quantitative estimate of drug-likeness (QED) is 0.674. The Morgan fingerprint density at radius 3 is 2.65 bits per heavy atom. The molecule has 1 aliphatic heterocycles. The van der Waals surface area contributed by atoms with Crippen molar-refractivity contribution in [2.24, 2.45) is 5.92 Å². The molecule has 4 heteroatoms. The van der Waals surface area contributed by atoms with Crippen molar-refractivity contribution in [3.63, 3.8) is 0 Å². The molecule has 0 atom stereocenters. The molecule has 1 aromatic rings. The van der Waals surface area contributed by atoms with Crippen LogP contribution in [0.3, 0.4) is 0 Å². The summed E-state index contributed by atoms with van der Waals surface area (Å²) >= 11 is 0. The molecule has 1 fully saturated rings. The van der Waals surface area contributed by atoms with Crippen molar-refractivity contribution in [3.05, 3.63) is 35.9 Å². The van der Waals surface area contributed by atoms with E-state index in [1.807, 2.05) is 30.3 Å². The Labute approximate surface area is 102 Å². The van der Waals surface area contributed by atoms with Gasteiger partial charge >= 0.3 is 0 Å². The lowest BCUT2D eigenvalue weighted by atomic mass is 9.98. The normalized spacial score (nSPS) is 16.7. The monoisotopic (exact) mass is 233 g/mol. The van der Waals surface area contributed by atoms with Gasteiger partial charge in [-0.15, -0.1) is 0 Å². The van der Waals surface area contributed by atoms with E-state index >= 15 is 0 Å². The summed E-state index contributed by atoms with van der Waals surface area (Å²) in [5, 5.41) is 3.25. The average Bonchev–Trinajstić information content (AvgIpc) is 2.41. The van der Waals surface area contributed by atoms with E-state index in [2.05, 4.69) is 16.2 Å². The Balaban J connectivity index is 1.69. The summed E-state index contributed by atoms with van der Waals surface area (Å²) in [6.07, 6.45) is 1.86. The van der Waals surface area contributed by atoms with Gasteiger partial charge in [0.05, 0.1) is 0 Å². The van der Waals surface area contributed by atoms with Crippen LogP contribution in [-0.2, 0) is 11.3 Å². The predicted molar refractivity (Wildman–Crippen MR) is 67.0 cm³/mol.